The van der Waals surface area contributed by atoms with E-state index < -0.39 is 30.7 Å². The molecule has 2 aromatic rings. The van der Waals surface area contributed by atoms with Crippen molar-refractivity contribution in [1.29, 1.82) is 0 Å². The minimum Gasteiger partial charge on any atom is -0.484 e. The lowest BCUT2D eigenvalue weighted by Crippen LogP contribution is -2.30. The van der Waals surface area contributed by atoms with Gasteiger partial charge in [-0.05, 0) is 41.8 Å². The Morgan fingerprint density at radius 2 is 1.75 bits per heavy atom. The molecule has 0 radical (unpaired) electrons. The summed E-state index contributed by atoms with van der Waals surface area (Å²) in [4.78, 5) is 0. The van der Waals surface area contributed by atoms with Gasteiger partial charge in [0.05, 0.1) is 6.10 Å². The first-order valence-electron chi connectivity index (χ1n) is 7.22. The predicted octanol–water partition coefficient (Wildman–Crippen LogP) is 3.37. The topological polar surface area (TPSA) is 55.5 Å². The largest absolute Gasteiger partial charge is 0.484 e. The monoisotopic (exact) mass is 343 g/mol. The van der Waals surface area contributed by atoms with Gasteiger partial charge in [0.2, 0.25) is 0 Å². The standard InChI is InChI=1S/C17H17F4NO2/c18-13-6-4-12(5-7-13)16(23)15(22)9-11-2-1-3-14(8-11)24-10-17(19,20)21/h1-8,15-16,23H,9-10,22H2. The van der Waals surface area contributed by atoms with Gasteiger partial charge in [-0.15, -0.1) is 0 Å². The molecule has 2 aromatic carbocycles. The maximum Gasteiger partial charge on any atom is 0.422 e. The van der Waals surface area contributed by atoms with E-state index in [9.17, 15) is 22.7 Å². The van der Waals surface area contributed by atoms with Crippen LogP contribution in [0.3, 0.4) is 0 Å². The van der Waals surface area contributed by atoms with E-state index in [1.807, 2.05) is 0 Å². The van der Waals surface area contributed by atoms with Gasteiger partial charge in [-0.1, -0.05) is 24.3 Å². The zero-order valence-corrected chi connectivity index (χ0v) is 12.6. The zero-order valence-electron chi connectivity index (χ0n) is 12.6. The van der Waals surface area contributed by atoms with Crippen molar-refractivity contribution < 1.29 is 27.4 Å². The summed E-state index contributed by atoms with van der Waals surface area (Å²) in [5.41, 5.74) is 7.04. The van der Waals surface area contributed by atoms with Gasteiger partial charge in [0.15, 0.2) is 6.61 Å². The molecule has 3 N–H and O–H groups in total. The predicted molar refractivity (Wildman–Crippen MR) is 81.0 cm³/mol. The van der Waals surface area contributed by atoms with E-state index in [1.165, 1.54) is 36.4 Å². The number of hydrogen-bond acceptors (Lipinski definition) is 3. The molecular weight excluding hydrogens is 326 g/mol. The van der Waals surface area contributed by atoms with Crippen molar-refractivity contribution in [1.82, 2.24) is 0 Å². The Kier molecular flexibility index (Phi) is 5.80. The molecule has 0 heterocycles. The van der Waals surface area contributed by atoms with Gasteiger partial charge in [0, 0.05) is 6.04 Å². The molecule has 0 spiro atoms. The molecule has 0 saturated carbocycles. The molecule has 0 aliphatic heterocycles. The molecule has 0 amide bonds. The third-order valence-corrected chi connectivity index (χ3v) is 3.39. The normalized spacial score (nSPS) is 14.2. The summed E-state index contributed by atoms with van der Waals surface area (Å²) < 4.78 is 54.1. The van der Waals surface area contributed by atoms with Crippen molar-refractivity contribution in [3.63, 3.8) is 0 Å². The van der Waals surface area contributed by atoms with Crippen LogP contribution in [-0.2, 0) is 6.42 Å². The summed E-state index contributed by atoms with van der Waals surface area (Å²) in [6.07, 6.45) is -5.21. The smallest absolute Gasteiger partial charge is 0.422 e. The second kappa shape index (κ2) is 7.63. The Morgan fingerprint density at radius 3 is 2.38 bits per heavy atom. The van der Waals surface area contributed by atoms with Crippen LogP contribution >= 0.6 is 0 Å². The van der Waals surface area contributed by atoms with E-state index in [0.717, 1.165) is 0 Å². The molecule has 130 valence electrons. The van der Waals surface area contributed by atoms with Crippen LogP contribution in [0.25, 0.3) is 0 Å². The van der Waals surface area contributed by atoms with Crippen LogP contribution in [0, 0.1) is 5.82 Å². The summed E-state index contributed by atoms with van der Waals surface area (Å²) in [5.74, 6) is -0.345. The number of rotatable bonds is 6. The summed E-state index contributed by atoms with van der Waals surface area (Å²) in [7, 11) is 0. The fraction of sp³-hybridized carbons (Fsp3) is 0.294. The van der Waals surface area contributed by atoms with E-state index in [2.05, 4.69) is 4.74 Å². The Hall–Kier alpha value is -2.12. The molecule has 2 rings (SSSR count). The molecule has 0 aromatic heterocycles. The van der Waals surface area contributed by atoms with Crippen LogP contribution < -0.4 is 10.5 Å². The molecule has 0 aliphatic carbocycles. The van der Waals surface area contributed by atoms with Crippen molar-refractivity contribution in [3.05, 3.63) is 65.5 Å². The molecule has 0 fully saturated rings. The van der Waals surface area contributed by atoms with Crippen LogP contribution in [0.15, 0.2) is 48.5 Å². The van der Waals surface area contributed by atoms with Crippen LogP contribution in [0.2, 0.25) is 0 Å². The van der Waals surface area contributed by atoms with Crippen LogP contribution in [0.1, 0.15) is 17.2 Å². The number of hydrogen-bond donors (Lipinski definition) is 2. The van der Waals surface area contributed by atoms with Crippen molar-refractivity contribution in [3.8, 4) is 5.75 Å². The van der Waals surface area contributed by atoms with Gasteiger partial charge in [0.25, 0.3) is 0 Å². The number of nitrogens with two attached hydrogens (primary N) is 1. The average molecular weight is 343 g/mol. The first-order chi connectivity index (χ1) is 11.2. The highest BCUT2D eigenvalue weighted by Gasteiger charge is 2.28. The summed E-state index contributed by atoms with van der Waals surface area (Å²) >= 11 is 0. The quantitative estimate of drug-likeness (QED) is 0.791. The second-order valence-corrected chi connectivity index (χ2v) is 5.42. The fourth-order valence-electron chi connectivity index (χ4n) is 2.22. The van der Waals surface area contributed by atoms with Gasteiger partial charge in [0.1, 0.15) is 11.6 Å². The van der Waals surface area contributed by atoms with Gasteiger partial charge >= 0.3 is 6.18 Å². The number of halogens is 4. The lowest BCUT2D eigenvalue weighted by Gasteiger charge is -2.19. The lowest BCUT2D eigenvalue weighted by molar-refractivity contribution is -0.153. The molecule has 2 unspecified atom stereocenters. The first kappa shape index (κ1) is 18.2. The van der Waals surface area contributed by atoms with E-state index >= 15 is 0 Å². The highest BCUT2D eigenvalue weighted by Crippen LogP contribution is 2.22. The van der Waals surface area contributed by atoms with Crippen LogP contribution in [0.4, 0.5) is 17.6 Å². The van der Waals surface area contributed by atoms with Gasteiger partial charge < -0.3 is 15.6 Å². The highest BCUT2D eigenvalue weighted by molar-refractivity contribution is 5.30. The number of ether oxygens (including phenoxy) is 1. The maximum atomic E-state index is 12.9. The SMILES string of the molecule is NC(Cc1cccc(OCC(F)(F)F)c1)C(O)c1ccc(F)cc1. The Morgan fingerprint density at radius 1 is 1.08 bits per heavy atom. The summed E-state index contributed by atoms with van der Waals surface area (Å²) in [5, 5.41) is 10.2. The number of benzene rings is 2. The van der Waals surface area contributed by atoms with Crippen molar-refractivity contribution in [2.24, 2.45) is 5.73 Å². The average Bonchev–Trinajstić information content (AvgIpc) is 2.53. The van der Waals surface area contributed by atoms with Crippen molar-refractivity contribution >= 4 is 0 Å². The minimum absolute atomic E-state index is 0.0771. The number of aliphatic hydroxyl groups excluding tert-OH is 1. The number of alkyl halides is 3. The third kappa shape index (κ3) is 5.50. The zero-order chi connectivity index (χ0) is 17.7. The van der Waals surface area contributed by atoms with Gasteiger partial charge in [-0.2, -0.15) is 13.2 Å². The van der Waals surface area contributed by atoms with Gasteiger partial charge in [-0.25, -0.2) is 4.39 Å². The third-order valence-electron chi connectivity index (χ3n) is 3.39. The van der Waals surface area contributed by atoms with Crippen LogP contribution in [-0.4, -0.2) is 23.9 Å². The van der Waals surface area contributed by atoms with Crippen molar-refractivity contribution in [2.75, 3.05) is 6.61 Å². The fourth-order valence-corrected chi connectivity index (χ4v) is 2.22. The summed E-state index contributed by atoms with van der Waals surface area (Å²) in [6.45, 7) is -1.37. The molecular formula is C17H17F4NO2. The Balaban J connectivity index is 2.00. The lowest BCUT2D eigenvalue weighted by atomic mass is 9.97. The Bertz CT molecular complexity index is 658. The highest BCUT2D eigenvalue weighted by atomic mass is 19.4. The van der Waals surface area contributed by atoms with E-state index in [1.54, 1.807) is 12.1 Å². The van der Waals surface area contributed by atoms with Crippen molar-refractivity contribution in [2.45, 2.75) is 24.7 Å². The Labute approximate surface area is 136 Å². The summed E-state index contributed by atoms with van der Waals surface area (Å²) in [6, 6.07) is 10.7. The minimum atomic E-state index is -4.41. The molecule has 24 heavy (non-hydrogen) atoms. The second-order valence-electron chi connectivity index (χ2n) is 5.42. The first-order valence-corrected chi connectivity index (χ1v) is 7.22. The number of aliphatic hydroxyl groups is 1. The van der Waals surface area contributed by atoms with Crippen LogP contribution in [0.5, 0.6) is 5.75 Å². The van der Waals surface area contributed by atoms with E-state index in [4.69, 9.17) is 5.73 Å². The van der Waals surface area contributed by atoms with E-state index in [0.29, 0.717) is 11.1 Å². The molecule has 0 bridgehead atoms. The maximum absolute atomic E-state index is 12.9. The molecule has 3 nitrogen and oxygen atoms in total. The molecule has 2 atom stereocenters. The molecule has 0 saturated heterocycles. The van der Waals surface area contributed by atoms with E-state index in [-0.39, 0.29) is 12.2 Å². The van der Waals surface area contributed by atoms with Gasteiger partial charge in [-0.3, -0.25) is 0 Å². The molecule has 0 aliphatic rings. The molecule has 7 heteroatoms.